The van der Waals surface area contributed by atoms with Crippen molar-refractivity contribution >= 4 is 5.97 Å². The molecule has 0 fully saturated rings. The second-order valence-corrected chi connectivity index (χ2v) is 9.65. The van der Waals surface area contributed by atoms with E-state index in [9.17, 15) is 9.90 Å². The van der Waals surface area contributed by atoms with E-state index in [4.69, 9.17) is 4.74 Å². The van der Waals surface area contributed by atoms with Crippen LogP contribution >= 0.6 is 0 Å². The molecule has 0 bridgehead atoms. The number of unbranched alkanes of at least 4 members (excludes halogenated alkanes) is 15. The molecule has 0 aliphatic heterocycles. The molecule has 2 atom stereocenters. The number of carbonyl (C=O) groups is 1. The lowest BCUT2D eigenvalue weighted by Crippen LogP contribution is -2.24. The third kappa shape index (κ3) is 21.1. The Hall–Kier alpha value is -0.570. The standard InChI is InChI=1S/C28H56O3/c1-4-7-10-13-15-16-18-21-24-27(29)25-31-28(30)26(22-19-12-9-6-3)23-20-17-14-11-8-5-2/h26-27,29H,4-25H2,1-3H3. The van der Waals surface area contributed by atoms with Gasteiger partial charge in [0, 0.05) is 0 Å². The lowest BCUT2D eigenvalue weighted by atomic mass is 9.94. The first-order chi connectivity index (χ1) is 15.2. The maximum Gasteiger partial charge on any atom is 0.309 e. The minimum atomic E-state index is -0.501. The molecule has 0 aromatic heterocycles. The predicted molar refractivity (Wildman–Crippen MR) is 134 cm³/mol. The van der Waals surface area contributed by atoms with Crippen molar-refractivity contribution in [2.75, 3.05) is 6.61 Å². The van der Waals surface area contributed by atoms with Crippen LogP contribution in [-0.2, 0) is 9.53 Å². The average molecular weight is 441 g/mol. The molecule has 0 heterocycles. The Morgan fingerprint density at radius 1 is 0.581 bits per heavy atom. The van der Waals surface area contributed by atoms with Gasteiger partial charge < -0.3 is 9.84 Å². The van der Waals surface area contributed by atoms with E-state index in [2.05, 4.69) is 20.8 Å². The van der Waals surface area contributed by atoms with Crippen molar-refractivity contribution in [2.24, 2.45) is 5.92 Å². The highest BCUT2D eigenvalue weighted by atomic mass is 16.5. The van der Waals surface area contributed by atoms with Crippen molar-refractivity contribution in [3.05, 3.63) is 0 Å². The van der Waals surface area contributed by atoms with Gasteiger partial charge in [-0.05, 0) is 19.3 Å². The fourth-order valence-corrected chi connectivity index (χ4v) is 4.26. The summed E-state index contributed by atoms with van der Waals surface area (Å²) in [6.45, 7) is 6.89. The Morgan fingerprint density at radius 2 is 0.935 bits per heavy atom. The summed E-state index contributed by atoms with van der Waals surface area (Å²) in [5.41, 5.74) is 0. The Labute approximate surface area is 195 Å². The van der Waals surface area contributed by atoms with Gasteiger partial charge in [0.05, 0.1) is 12.0 Å². The second-order valence-electron chi connectivity index (χ2n) is 9.65. The van der Waals surface area contributed by atoms with Gasteiger partial charge >= 0.3 is 5.97 Å². The van der Waals surface area contributed by atoms with Crippen LogP contribution in [-0.4, -0.2) is 23.8 Å². The van der Waals surface area contributed by atoms with Gasteiger partial charge in [0.1, 0.15) is 6.61 Å². The zero-order valence-corrected chi connectivity index (χ0v) is 21.5. The largest absolute Gasteiger partial charge is 0.463 e. The van der Waals surface area contributed by atoms with E-state index in [-0.39, 0.29) is 18.5 Å². The molecule has 0 spiro atoms. The molecule has 2 unspecified atom stereocenters. The molecular formula is C28H56O3. The molecule has 0 saturated carbocycles. The van der Waals surface area contributed by atoms with Gasteiger partial charge in [-0.1, -0.05) is 136 Å². The maximum absolute atomic E-state index is 12.6. The highest BCUT2D eigenvalue weighted by Crippen LogP contribution is 2.21. The smallest absolute Gasteiger partial charge is 0.309 e. The fourth-order valence-electron chi connectivity index (χ4n) is 4.26. The number of ether oxygens (including phenoxy) is 1. The van der Waals surface area contributed by atoms with Crippen LogP contribution in [0.3, 0.4) is 0 Å². The van der Waals surface area contributed by atoms with E-state index in [0.29, 0.717) is 0 Å². The topological polar surface area (TPSA) is 46.5 Å². The summed E-state index contributed by atoms with van der Waals surface area (Å²) >= 11 is 0. The van der Waals surface area contributed by atoms with Crippen molar-refractivity contribution in [1.82, 2.24) is 0 Å². The van der Waals surface area contributed by atoms with E-state index in [0.717, 1.165) is 38.5 Å². The number of aliphatic hydroxyl groups excluding tert-OH is 1. The summed E-state index contributed by atoms with van der Waals surface area (Å²) in [4.78, 5) is 12.6. The van der Waals surface area contributed by atoms with Crippen molar-refractivity contribution < 1.29 is 14.6 Å². The van der Waals surface area contributed by atoms with E-state index in [1.807, 2.05) is 0 Å². The maximum atomic E-state index is 12.6. The number of esters is 1. The van der Waals surface area contributed by atoms with E-state index < -0.39 is 6.10 Å². The first kappa shape index (κ1) is 30.4. The molecule has 0 aliphatic carbocycles. The van der Waals surface area contributed by atoms with Crippen LogP contribution in [0.5, 0.6) is 0 Å². The summed E-state index contributed by atoms with van der Waals surface area (Å²) in [6, 6.07) is 0. The number of hydrogen-bond donors (Lipinski definition) is 1. The van der Waals surface area contributed by atoms with E-state index >= 15 is 0 Å². The number of rotatable bonds is 24. The monoisotopic (exact) mass is 440 g/mol. The quantitative estimate of drug-likeness (QED) is 0.120. The molecule has 0 radical (unpaired) electrons. The average Bonchev–Trinajstić information content (AvgIpc) is 2.77. The van der Waals surface area contributed by atoms with Crippen molar-refractivity contribution in [3.63, 3.8) is 0 Å². The molecule has 31 heavy (non-hydrogen) atoms. The first-order valence-electron chi connectivity index (χ1n) is 14.0. The summed E-state index contributed by atoms with van der Waals surface area (Å²) < 4.78 is 5.55. The van der Waals surface area contributed by atoms with Gasteiger partial charge in [0.2, 0.25) is 0 Å². The second kappa shape index (κ2) is 24.1. The fraction of sp³-hybridized carbons (Fsp3) is 0.964. The molecule has 0 aromatic carbocycles. The van der Waals surface area contributed by atoms with Crippen LogP contribution < -0.4 is 0 Å². The van der Waals surface area contributed by atoms with Crippen molar-refractivity contribution in [3.8, 4) is 0 Å². The lowest BCUT2D eigenvalue weighted by Gasteiger charge is -2.18. The Kier molecular flexibility index (Phi) is 23.6. The SMILES string of the molecule is CCCCCCCCCCC(O)COC(=O)C(CCCCCC)CCCCCCCC. The molecule has 3 nitrogen and oxygen atoms in total. The molecule has 0 rings (SSSR count). The lowest BCUT2D eigenvalue weighted by molar-refractivity contribution is -0.152. The molecule has 3 heteroatoms. The molecule has 1 N–H and O–H groups in total. The number of carbonyl (C=O) groups excluding carboxylic acids is 1. The summed E-state index contributed by atoms with van der Waals surface area (Å²) in [5.74, 6) is -0.0432. The Morgan fingerprint density at radius 3 is 1.39 bits per heavy atom. The minimum Gasteiger partial charge on any atom is -0.463 e. The van der Waals surface area contributed by atoms with Gasteiger partial charge in [-0.3, -0.25) is 4.79 Å². The zero-order valence-electron chi connectivity index (χ0n) is 21.5. The highest BCUT2D eigenvalue weighted by molar-refractivity contribution is 5.72. The van der Waals surface area contributed by atoms with E-state index in [1.165, 1.54) is 96.3 Å². The van der Waals surface area contributed by atoms with Gasteiger partial charge in [0.25, 0.3) is 0 Å². The summed E-state index contributed by atoms with van der Waals surface area (Å²) in [5, 5.41) is 10.2. The summed E-state index contributed by atoms with van der Waals surface area (Å²) in [6.07, 6.45) is 24.6. The van der Waals surface area contributed by atoms with Crippen LogP contribution in [0.4, 0.5) is 0 Å². The normalized spacial score (nSPS) is 13.3. The van der Waals surface area contributed by atoms with Crippen LogP contribution in [0.2, 0.25) is 0 Å². The zero-order chi connectivity index (χ0) is 23.0. The molecule has 0 saturated heterocycles. The Bertz CT molecular complexity index is 369. The van der Waals surface area contributed by atoms with Crippen molar-refractivity contribution in [1.29, 1.82) is 0 Å². The van der Waals surface area contributed by atoms with Gasteiger partial charge in [0.15, 0.2) is 0 Å². The third-order valence-corrected chi connectivity index (χ3v) is 6.45. The molecule has 186 valence electrons. The van der Waals surface area contributed by atoms with Gasteiger partial charge in [-0.25, -0.2) is 0 Å². The molecule has 0 aliphatic rings. The Balaban J connectivity index is 4.02. The molecule has 0 amide bonds. The van der Waals surface area contributed by atoms with Crippen LogP contribution in [0.25, 0.3) is 0 Å². The number of hydrogen-bond acceptors (Lipinski definition) is 3. The van der Waals surface area contributed by atoms with Gasteiger partial charge in [-0.2, -0.15) is 0 Å². The molecular weight excluding hydrogens is 384 g/mol. The predicted octanol–water partition coefficient (Wildman–Crippen LogP) is 8.76. The highest BCUT2D eigenvalue weighted by Gasteiger charge is 2.20. The van der Waals surface area contributed by atoms with Crippen molar-refractivity contribution in [2.45, 2.75) is 162 Å². The minimum absolute atomic E-state index is 0.0263. The number of aliphatic hydroxyl groups is 1. The summed E-state index contributed by atoms with van der Waals surface area (Å²) in [7, 11) is 0. The van der Waals surface area contributed by atoms with E-state index in [1.54, 1.807) is 0 Å². The molecule has 0 aromatic rings. The first-order valence-corrected chi connectivity index (χ1v) is 14.0. The van der Waals surface area contributed by atoms with Crippen LogP contribution in [0.1, 0.15) is 156 Å². The van der Waals surface area contributed by atoms with Gasteiger partial charge in [-0.15, -0.1) is 0 Å². The third-order valence-electron chi connectivity index (χ3n) is 6.45. The van der Waals surface area contributed by atoms with Crippen LogP contribution in [0, 0.1) is 5.92 Å². The van der Waals surface area contributed by atoms with Crippen LogP contribution in [0.15, 0.2) is 0 Å².